The first kappa shape index (κ1) is 14.7. The van der Waals surface area contributed by atoms with Crippen LogP contribution in [0.2, 0.25) is 0 Å². The van der Waals surface area contributed by atoms with Gasteiger partial charge in [-0.25, -0.2) is 0 Å². The molecule has 0 amide bonds. The van der Waals surface area contributed by atoms with Gasteiger partial charge in [-0.3, -0.25) is 4.79 Å². The number of hydrogen-bond acceptors (Lipinski definition) is 2. The van der Waals surface area contributed by atoms with E-state index in [1.165, 1.54) is 32.1 Å². The van der Waals surface area contributed by atoms with E-state index in [0.29, 0.717) is 17.6 Å². The average Bonchev–Trinajstić information content (AvgIpc) is 2.66. The van der Waals surface area contributed by atoms with E-state index in [1.807, 2.05) is 0 Å². The van der Waals surface area contributed by atoms with Crippen LogP contribution in [0, 0.1) is 17.8 Å². The summed E-state index contributed by atoms with van der Waals surface area (Å²) < 4.78 is 5.25. The van der Waals surface area contributed by atoms with E-state index in [-0.39, 0.29) is 5.92 Å². The Balaban J connectivity index is 2.36. The minimum absolute atomic E-state index is 0.275. The zero-order chi connectivity index (χ0) is 12.7. The summed E-state index contributed by atoms with van der Waals surface area (Å²) >= 11 is 0. The molecule has 3 atom stereocenters. The molecule has 0 aromatic heterocycles. The number of Topliss-reactive ketones (excluding diaryl/α,β-unsaturated/α-hetero) is 1. The summed E-state index contributed by atoms with van der Waals surface area (Å²) in [7, 11) is 1.74. The van der Waals surface area contributed by atoms with Crippen LogP contribution in [0.25, 0.3) is 0 Å². The first-order valence-corrected chi connectivity index (χ1v) is 7.22. The number of ether oxygens (including phenoxy) is 1. The summed E-state index contributed by atoms with van der Waals surface area (Å²) in [4.78, 5) is 12.2. The largest absolute Gasteiger partial charge is 0.384 e. The van der Waals surface area contributed by atoms with Gasteiger partial charge in [0, 0.05) is 26.1 Å². The van der Waals surface area contributed by atoms with Crippen LogP contribution in [-0.4, -0.2) is 19.5 Å². The monoisotopic (exact) mass is 240 g/mol. The van der Waals surface area contributed by atoms with Gasteiger partial charge in [0.15, 0.2) is 0 Å². The van der Waals surface area contributed by atoms with Crippen molar-refractivity contribution in [1.29, 1.82) is 0 Å². The normalized spacial score (nSPS) is 28.5. The molecule has 17 heavy (non-hydrogen) atoms. The zero-order valence-electron chi connectivity index (χ0n) is 11.7. The predicted octanol–water partition coefficient (Wildman–Crippen LogP) is 3.83. The molecule has 0 N–H and O–H groups in total. The number of methoxy groups -OCH3 is 1. The van der Waals surface area contributed by atoms with Gasteiger partial charge in [0.1, 0.15) is 5.78 Å². The van der Waals surface area contributed by atoms with Crippen molar-refractivity contribution in [2.24, 2.45) is 17.8 Å². The van der Waals surface area contributed by atoms with Crippen molar-refractivity contribution >= 4 is 5.78 Å². The smallest absolute Gasteiger partial charge is 0.136 e. The molecule has 0 aromatic carbocycles. The van der Waals surface area contributed by atoms with Gasteiger partial charge in [-0.15, -0.1) is 0 Å². The van der Waals surface area contributed by atoms with Gasteiger partial charge in [-0.2, -0.15) is 0 Å². The van der Waals surface area contributed by atoms with E-state index < -0.39 is 0 Å². The maximum absolute atomic E-state index is 12.2. The Morgan fingerprint density at radius 1 is 1.24 bits per heavy atom. The molecule has 1 rings (SSSR count). The van der Waals surface area contributed by atoms with Gasteiger partial charge >= 0.3 is 0 Å². The fourth-order valence-corrected chi connectivity index (χ4v) is 3.17. The van der Waals surface area contributed by atoms with Crippen molar-refractivity contribution in [2.45, 2.75) is 58.8 Å². The lowest BCUT2D eigenvalue weighted by atomic mass is 9.85. The van der Waals surface area contributed by atoms with Gasteiger partial charge in [0.2, 0.25) is 0 Å². The fourth-order valence-electron chi connectivity index (χ4n) is 3.17. The summed E-state index contributed by atoms with van der Waals surface area (Å²) in [5.41, 5.74) is 0. The van der Waals surface area contributed by atoms with Crippen LogP contribution in [0.1, 0.15) is 58.8 Å². The standard InChI is InChI=1S/C15H28O2/c1-4-5-6-7-8-14(16)15-12(2)9-10-13(15)11-17-3/h12-13,15H,4-11H2,1-3H3. The Hall–Kier alpha value is -0.370. The van der Waals surface area contributed by atoms with Crippen molar-refractivity contribution in [3.8, 4) is 0 Å². The SMILES string of the molecule is CCCCCCC(=O)C1C(C)CCC1COC. The molecule has 2 heteroatoms. The molecule has 1 aliphatic carbocycles. The quantitative estimate of drug-likeness (QED) is 0.603. The van der Waals surface area contributed by atoms with E-state index in [1.54, 1.807) is 7.11 Å². The Labute approximate surface area is 106 Å². The summed E-state index contributed by atoms with van der Waals surface area (Å²) in [5.74, 6) is 1.81. The molecule has 1 aliphatic rings. The van der Waals surface area contributed by atoms with Crippen molar-refractivity contribution in [3.05, 3.63) is 0 Å². The van der Waals surface area contributed by atoms with Crippen LogP contribution >= 0.6 is 0 Å². The maximum atomic E-state index is 12.2. The molecule has 2 nitrogen and oxygen atoms in total. The van der Waals surface area contributed by atoms with Crippen LogP contribution in [0.3, 0.4) is 0 Å². The number of hydrogen-bond donors (Lipinski definition) is 0. The molecule has 3 unspecified atom stereocenters. The molecule has 0 bridgehead atoms. The number of ketones is 1. The lowest BCUT2D eigenvalue weighted by Gasteiger charge is -2.21. The second-order valence-corrected chi connectivity index (χ2v) is 5.57. The molecule has 1 fully saturated rings. The molecule has 0 spiro atoms. The van der Waals surface area contributed by atoms with Crippen LogP contribution in [0.15, 0.2) is 0 Å². The number of rotatable bonds is 8. The minimum atomic E-state index is 0.275. The highest BCUT2D eigenvalue weighted by molar-refractivity contribution is 5.81. The van der Waals surface area contributed by atoms with Crippen LogP contribution in [0.5, 0.6) is 0 Å². The molecule has 1 saturated carbocycles. The summed E-state index contributed by atoms with van der Waals surface area (Å²) in [6.07, 6.45) is 7.93. The average molecular weight is 240 g/mol. The van der Waals surface area contributed by atoms with Crippen LogP contribution in [-0.2, 0) is 9.53 Å². The van der Waals surface area contributed by atoms with Gasteiger partial charge in [-0.05, 0) is 31.1 Å². The van der Waals surface area contributed by atoms with E-state index in [4.69, 9.17) is 4.74 Å². The second kappa shape index (κ2) is 7.86. The number of carbonyl (C=O) groups excluding carboxylic acids is 1. The van der Waals surface area contributed by atoms with E-state index >= 15 is 0 Å². The molecule has 100 valence electrons. The molecule has 0 heterocycles. The lowest BCUT2D eigenvalue weighted by molar-refractivity contribution is -0.125. The highest BCUT2D eigenvalue weighted by Crippen LogP contribution is 2.38. The van der Waals surface area contributed by atoms with Gasteiger partial charge in [0.05, 0.1) is 0 Å². The molecule has 0 radical (unpaired) electrons. The lowest BCUT2D eigenvalue weighted by Crippen LogP contribution is -2.26. The molecular formula is C15H28O2. The summed E-state index contributed by atoms with van der Waals surface area (Å²) in [6.45, 7) is 5.19. The molecular weight excluding hydrogens is 212 g/mol. The maximum Gasteiger partial charge on any atom is 0.136 e. The summed E-state index contributed by atoms with van der Waals surface area (Å²) in [5, 5.41) is 0. The third-order valence-corrected chi connectivity index (χ3v) is 4.14. The third-order valence-electron chi connectivity index (χ3n) is 4.14. The van der Waals surface area contributed by atoms with Crippen LogP contribution in [0.4, 0.5) is 0 Å². The van der Waals surface area contributed by atoms with Gasteiger partial charge in [0.25, 0.3) is 0 Å². The second-order valence-electron chi connectivity index (χ2n) is 5.57. The Morgan fingerprint density at radius 2 is 2.00 bits per heavy atom. The Bertz CT molecular complexity index is 223. The highest BCUT2D eigenvalue weighted by Gasteiger charge is 2.37. The molecule has 0 aliphatic heterocycles. The minimum Gasteiger partial charge on any atom is -0.384 e. The zero-order valence-corrected chi connectivity index (χ0v) is 11.7. The highest BCUT2D eigenvalue weighted by atomic mass is 16.5. The predicted molar refractivity (Wildman–Crippen MR) is 71.0 cm³/mol. The van der Waals surface area contributed by atoms with Crippen molar-refractivity contribution in [3.63, 3.8) is 0 Å². The van der Waals surface area contributed by atoms with Gasteiger partial charge < -0.3 is 4.74 Å². The van der Waals surface area contributed by atoms with Crippen molar-refractivity contribution in [1.82, 2.24) is 0 Å². The number of unbranched alkanes of at least 4 members (excludes halogenated alkanes) is 3. The summed E-state index contributed by atoms with van der Waals surface area (Å²) in [6, 6.07) is 0. The van der Waals surface area contributed by atoms with Gasteiger partial charge in [-0.1, -0.05) is 33.1 Å². The van der Waals surface area contributed by atoms with Crippen LogP contribution < -0.4 is 0 Å². The van der Waals surface area contributed by atoms with Crippen molar-refractivity contribution in [2.75, 3.05) is 13.7 Å². The number of carbonyl (C=O) groups is 1. The van der Waals surface area contributed by atoms with E-state index in [9.17, 15) is 4.79 Å². The third kappa shape index (κ3) is 4.42. The van der Waals surface area contributed by atoms with E-state index in [0.717, 1.165) is 19.4 Å². The van der Waals surface area contributed by atoms with E-state index in [2.05, 4.69) is 13.8 Å². The topological polar surface area (TPSA) is 26.3 Å². The fraction of sp³-hybridized carbons (Fsp3) is 0.933. The first-order valence-electron chi connectivity index (χ1n) is 7.22. The molecule has 0 saturated heterocycles. The Morgan fingerprint density at radius 3 is 2.65 bits per heavy atom. The molecule has 0 aromatic rings. The first-order chi connectivity index (χ1) is 8.20. The Kier molecular flexibility index (Phi) is 6.79. The van der Waals surface area contributed by atoms with Crippen molar-refractivity contribution < 1.29 is 9.53 Å².